The van der Waals surface area contributed by atoms with Crippen LogP contribution >= 0.6 is 11.6 Å². The molecule has 0 aliphatic rings. The van der Waals surface area contributed by atoms with Crippen LogP contribution in [0.5, 0.6) is 0 Å². The van der Waals surface area contributed by atoms with Gasteiger partial charge in [0, 0.05) is 11.6 Å². The van der Waals surface area contributed by atoms with Crippen LogP contribution in [0.25, 0.3) is 11.1 Å². The smallest absolute Gasteiger partial charge is 0.277 e. The zero-order valence-corrected chi connectivity index (χ0v) is 16.9. The molecule has 1 amide bonds. The van der Waals surface area contributed by atoms with E-state index in [4.69, 9.17) is 17.3 Å². The summed E-state index contributed by atoms with van der Waals surface area (Å²) in [6.45, 7) is 0.605. The first kappa shape index (κ1) is 19.7. The highest BCUT2D eigenvalue weighted by Gasteiger charge is 2.13. The third-order valence-corrected chi connectivity index (χ3v) is 4.97. The molecule has 0 bridgehead atoms. The van der Waals surface area contributed by atoms with Crippen LogP contribution in [0.1, 0.15) is 16.1 Å². The molecule has 30 heavy (non-hydrogen) atoms. The second-order valence-corrected chi connectivity index (χ2v) is 7.30. The Hall–Kier alpha value is -3.64. The number of rotatable bonds is 6. The number of carbonyl (C=O) groups is 1. The first-order chi connectivity index (χ1) is 14.6. The van der Waals surface area contributed by atoms with Gasteiger partial charge in [0.2, 0.25) is 0 Å². The molecule has 0 spiro atoms. The molecule has 6 nitrogen and oxygen atoms in total. The highest BCUT2D eigenvalue weighted by atomic mass is 35.5. The van der Waals surface area contributed by atoms with Crippen molar-refractivity contribution in [3.63, 3.8) is 0 Å². The quantitative estimate of drug-likeness (QED) is 0.446. The minimum Gasteiger partial charge on any atom is -0.397 e. The van der Waals surface area contributed by atoms with Crippen molar-refractivity contribution < 1.29 is 4.79 Å². The molecule has 0 fully saturated rings. The van der Waals surface area contributed by atoms with Crippen LogP contribution in [0.3, 0.4) is 0 Å². The summed E-state index contributed by atoms with van der Waals surface area (Å²) in [5.41, 5.74) is 10.5. The Labute approximate surface area is 179 Å². The van der Waals surface area contributed by atoms with Gasteiger partial charge in [0.05, 0.1) is 17.6 Å². The van der Waals surface area contributed by atoms with Crippen molar-refractivity contribution in [2.45, 2.75) is 13.0 Å². The number of aryl methyl sites for hydroxylation is 2. The van der Waals surface area contributed by atoms with Gasteiger partial charge in [-0.2, -0.15) is 0 Å². The Morgan fingerprint density at radius 1 is 1.00 bits per heavy atom. The number of amides is 1. The number of nitrogens with zero attached hydrogens (tertiary/aromatic N) is 3. The molecule has 1 aromatic heterocycles. The van der Waals surface area contributed by atoms with Crippen molar-refractivity contribution in [1.82, 2.24) is 15.0 Å². The Morgan fingerprint density at radius 2 is 1.77 bits per heavy atom. The maximum absolute atomic E-state index is 12.6. The number of hydrogen-bond acceptors (Lipinski definition) is 4. The summed E-state index contributed by atoms with van der Waals surface area (Å²) in [4.78, 5) is 12.6. The summed E-state index contributed by atoms with van der Waals surface area (Å²) >= 11 is 5.91. The molecular weight excluding hydrogens is 398 g/mol. The third-order valence-electron chi connectivity index (χ3n) is 4.72. The number of benzene rings is 3. The molecule has 7 heteroatoms. The van der Waals surface area contributed by atoms with Crippen LogP contribution < -0.4 is 11.1 Å². The summed E-state index contributed by atoms with van der Waals surface area (Å²) in [6, 6.07) is 23.1. The van der Waals surface area contributed by atoms with Crippen LogP contribution in [0.2, 0.25) is 5.02 Å². The van der Waals surface area contributed by atoms with Gasteiger partial charge in [-0.1, -0.05) is 65.3 Å². The number of hydrogen-bond donors (Lipinski definition) is 2. The fourth-order valence-corrected chi connectivity index (χ4v) is 3.19. The Morgan fingerprint density at radius 3 is 2.53 bits per heavy atom. The lowest BCUT2D eigenvalue weighted by Crippen LogP contribution is -2.14. The average molecular weight is 418 g/mol. The van der Waals surface area contributed by atoms with Gasteiger partial charge in [-0.25, -0.2) is 0 Å². The Bertz CT molecular complexity index is 1160. The number of nitrogen functional groups attached to an aromatic ring is 1. The monoisotopic (exact) mass is 417 g/mol. The topological polar surface area (TPSA) is 85.8 Å². The van der Waals surface area contributed by atoms with Gasteiger partial charge in [0.15, 0.2) is 5.69 Å². The fourth-order valence-electron chi connectivity index (χ4n) is 3.07. The van der Waals surface area contributed by atoms with Gasteiger partial charge in [0.25, 0.3) is 5.91 Å². The average Bonchev–Trinajstić information content (AvgIpc) is 3.25. The maximum atomic E-state index is 12.6. The molecule has 0 aliphatic heterocycles. The fraction of sp³-hybridized carbons (Fsp3) is 0.0870. The number of nitrogens with one attached hydrogen (secondary N) is 1. The van der Waals surface area contributed by atoms with E-state index < -0.39 is 0 Å². The summed E-state index contributed by atoms with van der Waals surface area (Å²) in [5, 5.41) is 11.6. The van der Waals surface area contributed by atoms with E-state index in [-0.39, 0.29) is 11.6 Å². The molecule has 0 saturated heterocycles. The molecule has 3 aromatic carbocycles. The summed E-state index contributed by atoms with van der Waals surface area (Å²) in [6.07, 6.45) is 2.39. The lowest BCUT2D eigenvalue weighted by atomic mass is 10.0. The number of halogens is 1. The van der Waals surface area contributed by atoms with Crippen molar-refractivity contribution in [1.29, 1.82) is 0 Å². The largest absolute Gasteiger partial charge is 0.397 e. The molecule has 1 heterocycles. The van der Waals surface area contributed by atoms with E-state index in [1.54, 1.807) is 16.9 Å². The van der Waals surface area contributed by atoms with Crippen molar-refractivity contribution in [3.8, 4) is 11.1 Å². The number of anilines is 2. The SMILES string of the molecule is Nc1ccc(-c2ccccc2)cc1NC(=O)c1cn(CCc2ccc(Cl)cc2)nn1. The Balaban J connectivity index is 1.44. The molecule has 4 aromatic rings. The molecule has 3 N–H and O–H groups in total. The van der Waals surface area contributed by atoms with Crippen molar-refractivity contribution in [3.05, 3.63) is 95.3 Å². The first-order valence-electron chi connectivity index (χ1n) is 9.49. The second kappa shape index (κ2) is 8.80. The molecule has 150 valence electrons. The molecule has 0 radical (unpaired) electrons. The van der Waals surface area contributed by atoms with Crippen molar-refractivity contribution >= 4 is 28.9 Å². The minimum absolute atomic E-state index is 0.232. The normalized spacial score (nSPS) is 10.7. The van der Waals surface area contributed by atoms with Crippen LogP contribution in [0, 0.1) is 0 Å². The first-order valence-corrected chi connectivity index (χ1v) is 9.87. The van der Waals surface area contributed by atoms with Crippen LogP contribution in [-0.4, -0.2) is 20.9 Å². The van der Waals surface area contributed by atoms with Crippen molar-refractivity contribution in [2.24, 2.45) is 0 Å². The zero-order valence-electron chi connectivity index (χ0n) is 16.1. The van der Waals surface area contributed by atoms with E-state index in [0.717, 1.165) is 23.1 Å². The van der Waals surface area contributed by atoms with Gasteiger partial charge in [-0.05, 0) is 47.4 Å². The predicted octanol–water partition coefficient (Wildman–Crippen LogP) is 4.68. The Kier molecular flexibility index (Phi) is 5.77. The van der Waals surface area contributed by atoms with Crippen LogP contribution in [0.4, 0.5) is 11.4 Å². The van der Waals surface area contributed by atoms with E-state index in [0.29, 0.717) is 22.9 Å². The predicted molar refractivity (Wildman–Crippen MR) is 119 cm³/mol. The zero-order chi connectivity index (χ0) is 20.9. The van der Waals surface area contributed by atoms with E-state index in [1.165, 1.54) is 0 Å². The number of nitrogens with two attached hydrogens (primary N) is 1. The molecule has 0 saturated carbocycles. The van der Waals surface area contributed by atoms with E-state index in [2.05, 4.69) is 15.6 Å². The molecular formula is C23H20ClN5O. The van der Waals surface area contributed by atoms with Gasteiger partial charge < -0.3 is 11.1 Å². The van der Waals surface area contributed by atoms with Gasteiger partial charge >= 0.3 is 0 Å². The van der Waals surface area contributed by atoms with Gasteiger partial charge in [-0.15, -0.1) is 5.10 Å². The van der Waals surface area contributed by atoms with Crippen molar-refractivity contribution in [2.75, 3.05) is 11.1 Å². The summed E-state index contributed by atoms with van der Waals surface area (Å²) in [7, 11) is 0. The van der Waals surface area contributed by atoms with E-state index in [9.17, 15) is 4.79 Å². The minimum atomic E-state index is -0.357. The van der Waals surface area contributed by atoms with E-state index in [1.807, 2.05) is 66.7 Å². The van der Waals surface area contributed by atoms with Gasteiger partial charge in [0.1, 0.15) is 0 Å². The molecule has 0 aliphatic carbocycles. The van der Waals surface area contributed by atoms with Crippen LogP contribution in [0.15, 0.2) is 79.0 Å². The number of carbonyl (C=O) groups excluding carboxylic acids is 1. The van der Waals surface area contributed by atoms with Gasteiger partial charge in [-0.3, -0.25) is 9.48 Å². The highest BCUT2D eigenvalue weighted by molar-refractivity contribution is 6.30. The van der Waals surface area contributed by atoms with Crippen LogP contribution in [-0.2, 0) is 13.0 Å². The molecule has 0 atom stereocenters. The lowest BCUT2D eigenvalue weighted by molar-refractivity contribution is 0.102. The lowest BCUT2D eigenvalue weighted by Gasteiger charge is -2.09. The number of aromatic nitrogens is 3. The third kappa shape index (κ3) is 4.67. The molecule has 0 unspecified atom stereocenters. The molecule has 4 rings (SSSR count). The highest BCUT2D eigenvalue weighted by Crippen LogP contribution is 2.27. The summed E-state index contributed by atoms with van der Waals surface area (Å²) < 4.78 is 1.65. The standard InChI is InChI=1S/C23H20ClN5O/c24-19-9-6-16(7-10-19)12-13-29-15-22(27-28-29)23(30)26-21-14-18(8-11-20(21)25)17-4-2-1-3-5-17/h1-11,14-15H,12-13,25H2,(H,26,30). The summed E-state index contributed by atoms with van der Waals surface area (Å²) in [5.74, 6) is -0.357. The maximum Gasteiger partial charge on any atom is 0.277 e. The van der Waals surface area contributed by atoms with E-state index >= 15 is 0 Å². The second-order valence-electron chi connectivity index (χ2n) is 6.87.